The highest BCUT2D eigenvalue weighted by Crippen LogP contribution is 2.24. The number of benzene rings is 1. The van der Waals surface area contributed by atoms with E-state index < -0.39 is 0 Å². The number of aryl methyl sites for hydroxylation is 1. The van der Waals surface area contributed by atoms with E-state index in [0.29, 0.717) is 0 Å². The largest absolute Gasteiger partial charge is 0.497 e. The normalized spacial score (nSPS) is 10.5. The first-order valence-corrected chi connectivity index (χ1v) is 5.94. The van der Waals surface area contributed by atoms with Gasteiger partial charge in [0.05, 0.1) is 12.6 Å². The number of methoxy groups -OCH3 is 1. The SMILES string of the molecule is CCCc1cc2cc(OC)ccc2nc1NC. The van der Waals surface area contributed by atoms with Crippen molar-refractivity contribution < 1.29 is 4.74 Å². The first-order valence-electron chi connectivity index (χ1n) is 5.94. The lowest BCUT2D eigenvalue weighted by molar-refractivity contribution is 0.415. The minimum Gasteiger partial charge on any atom is -0.497 e. The van der Waals surface area contributed by atoms with Gasteiger partial charge in [0.15, 0.2) is 0 Å². The summed E-state index contributed by atoms with van der Waals surface area (Å²) >= 11 is 0. The molecule has 90 valence electrons. The van der Waals surface area contributed by atoms with Crippen LogP contribution in [0.5, 0.6) is 5.75 Å². The van der Waals surface area contributed by atoms with Crippen LogP contribution < -0.4 is 10.1 Å². The molecule has 0 unspecified atom stereocenters. The van der Waals surface area contributed by atoms with Crippen molar-refractivity contribution in [3.8, 4) is 5.75 Å². The molecule has 0 bridgehead atoms. The van der Waals surface area contributed by atoms with Gasteiger partial charge < -0.3 is 10.1 Å². The summed E-state index contributed by atoms with van der Waals surface area (Å²) in [6.45, 7) is 2.18. The van der Waals surface area contributed by atoms with Gasteiger partial charge in [0.2, 0.25) is 0 Å². The average Bonchev–Trinajstić information content (AvgIpc) is 2.37. The van der Waals surface area contributed by atoms with Gasteiger partial charge in [-0.1, -0.05) is 13.3 Å². The molecule has 3 heteroatoms. The number of hydrogen-bond acceptors (Lipinski definition) is 3. The Morgan fingerprint density at radius 3 is 2.76 bits per heavy atom. The Labute approximate surface area is 102 Å². The number of rotatable bonds is 4. The zero-order valence-electron chi connectivity index (χ0n) is 10.6. The Hall–Kier alpha value is -1.77. The van der Waals surface area contributed by atoms with Gasteiger partial charge in [-0.2, -0.15) is 0 Å². The molecule has 0 radical (unpaired) electrons. The molecule has 0 spiro atoms. The molecule has 0 aliphatic carbocycles. The van der Waals surface area contributed by atoms with Crippen molar-refractivity contribution in [3.63, 3.8) is 0 Å². The van der Waals surface area contributed by atoms with E-state index in [1.54, 1.807) is 7.11 Å². The number of pyridine rings is 1. The summed E-state index contributed by atoms with van der Waals surface area (Å²) in [6.07, 6.45) is 2.15. The second kappa shape index (κ2) is 5.04. The maximum absolute atomic E-state index is 5.24. The second-order valence-corrected chi connectivity index (χ2v) is 4.05. The third-order valence-corrected chi connectivity index (χ3v) is 2.86. The molecule has 1 heterocycles. The summed E-state index contributed by atoms with van der Waals surface area (Å²) in [6, 6.07) is 8.15. The highest BCUT2D eigenvalue weighted by Gasteiger charge is 2.05. The van der Waals surface area contributed by atoms with Crippen LogP contribution in [0.15, 0.2) is 24.3 Å². The number of anilines is 1. The van der Waals surface area contributed by atoms with Gasteiger partial charge in [0.1, 0.15) is 11.6 Å². The summed E-state index contributed by atoms with van der Waals surface area (Å²) < 4.78 is 5.24. The van der Waals surface area contributed by atoms with E-state index >= 15 is 0 Å². The number of ether oxygens (including phenoxy) is 1. The maximum atomic E-state index is 5.24. The van der Waals surface area contributed by atoms with E-state index in [2.05, 4.69) is 23.3 Å². The molecule has 17 heavy (non-hydrogen) atoms. The number of fused-ring (bicyclic) bond motifs is 1. The zero-order valence-corrected chi connectivity index (χ0v) is 10.6. The van der Waals surface area contributed by atoms with Crippen molar-refractivity contribution in [2.45, 2.75) is 19.8 Å². The molecule has 2 aromatic rings. The quantitative estimate of drug-likeness (QED) is 0.875. The van der Waals surface area contributed by atoms with Crippen LogP contribution >= 0.6 is 0 Å². The smallest absolute Gasteiger partial charge is 0.129 e. The molecule has 0 fully saturated rings. The molecular weight excluding hydrogens is 212 g/mol. The fourth-order valence-corrected chi connectivity index (χ4v) is 2.00. The summed E-state index contributed by atoms with van der Waals surface area (Å²) in [7, 11) is 3.60. The van der Waals surface area contributed by atoms with E-state index in [1.165, 1.54) is 5.56 Å². The average molecular weight is 230 g/mol. The van der Waals surface area contributed by atoms with Crippen LogP contribution in [0.3, 0.4) is 0 Å². The van der Waals surface area contributed by atoms with Crippen LogP contribution in [-0.4, -0.2) is 19.1 Å². The zero-order chi connectivity index (χ0) is 12.3. The van der Waals surface area contributed by atoms with Crippen molar-refractivity contribution in [3.05, 3.63) is 29.8 Å². The van der Waals surface area contributed by atoms with E-state index in [-0.39, 0.29) is 0 Å². The Balaban J connectivity index is 2.57. The lowest BCUT2D eigenvalue weighted by Gasteiger charge is -2.10. The third-order valence-electron chi connectivity index (χ3n) is 2.86. The summed E-state index contributed by atoms with van der Waals surface area (Å²) in [5.41, 5.74) is 2.26. The number of nitrogens with one attached hydrogen (secondary N) is 1. The predicted octanol–water partition coefficient (Wildman–Crippen LogP) is 3.24. The van der Waals surface area contributed by atoms with Gasteiger partial charge in [-0.25, -0.2) is 4.98 Å². The van der Waals surface area contributed by atoms with Crippen LogP contribution in [0, 0.1) is 0 Å². The highest BCUT2D eigenvalue weighted by molar-refractivity contribution is 5.83. The molecule has 0 saturated carbocycles. The van der Waals surface area contributed by atoms with Crippen LogP contribution in [0.1, 0.15) is 18.9 Å². The van der Waals surface area contributed by atoms with Crippen molar-refractivity contribution in [2.24, 2.45) is 0 Å². The molecule has 1 N–H and O–H groups in total. The van der Waals surface area contributed by atoms with Crippen molar-refractivity contribution >= 4 is 16.7 Å². The Bertz CT molecular complexity index is 523. The minimum absolute atomic E-state index is 0.874. The van der Waals surface area contributed by atoms with Gasteiger partial charge in [-0.15, -0.1) is 0 Å². The first kappa shape index (κ1) is 11.7. The number of nitrogens with zero attached hydrogens (tertiary/aromatic N) is 1. The molecular formula is C14H18N2O. The molecule has 1 aromatic heterocycles. The van der Waals surface area contributed by atoms with E-state index in [0.717, 1.165) is 35.3 Å². The highest BCUT2D eigenvalue weighted by atomic mass is 16.5. The van der Waals surface area contributed by atoms with E-state index in [1.807, 2.05) is 25.2 Å². The predicted molar refractivity (Wildman–Crippen MR) is 71.8 cm³/mol. The van der Waals surface area contributed by atoms with Gasteiger partial charge in [-0.3, -0.25) is 0 Å². The van der Waals surface area contributed by atoms with Crippen molar-refractivity contribution in [2.75, 3.05) is 19.5 Å². The standard InChI is InChI=1S/C14H18N2O/c1-4-5-10-8-11-9-12(17-3)6-7-13(11)16-14(10)15-2/h6-9H,4-5H2,1-3H3,(H,15,16). The Kier molecular flexibility index (Phi) is 3.47. The monoisotopic (exact) mass is 230 g/mol. The van der Waals surface area contributed by atoms with Gasteiger partial charge in [0.25, 0.3) is 0 Å². The summed E-state index contributed by atoms with van der Waals surface area (Å²) in [5, 5.41) is 4.29. The number of aromatic nitrogens is 1. The lowest BCUT2D eigenvalue weighted by atomic mass is 10.1. The lowest BCUT2D eigenvalue weighted by Crippen LogP contribution is -1.99. The second-order valence-electron chi connectivity index (χ2n) is 4.05. The molecule has 0 saturated heterocycles. The van der Waals surface area contributed by atoms with Crippen LogP contribution in [0.2, 0.25) is 0 Å². The Morgan fingerprint density at radius 2 is 2.12 bits per heavy atom. The maximum Gasteiger partial charge on any atom is 0.129 e. The summed E-state index contributed by atoms with van der Waals surface area (Å²) in [4.78, 5) is 4.62. The van der Waals surface area contributed by atoms with E-state index in [9.17, 15) is 0 Å². The molecule has 0 atom stereocenters. The molecule has 0 aliphatic rings. The minimum atomic E-state index is 0.874. The molecule has 0 aliphatic heterocycles. The van der Waals surface area contributed by atoms with Crippen LogP contribution in [0.25, 0.3) is 10.9 Å². The van der Waals surface area contributed by atoms with E-state index in [4.69, 9.17) is 4.74 Å². The molecule has 2 rings (SSSR count). The third kappa shape index (κ3) is 2.33. The molecule has 0 amide bonds. The molecule has 1 aromatic carbocycles. The van der Waals surface area contributed by atoms with Gasteiger partial charge in [0, 0.05) is 12.4 Å². The van der Waals surface area contributed by atoms with Gasteiger partial charge >= 0.3 is 0 Å². The van der Waals surface area contributed by atoms with Crippen molar-refractivity contribution in [1.82, 2.24) is 4.98 Å². The Morgan fingerprint density at radius 1 is 1.29 bits per heavy atom. The van der Waals surface area contributed by atoms with Crippen molar-refractivity contribution in [1.29, 1.82) is 0 Å². The molecule has 3 nitrogen and oxygen atoms in total. The first-order chi connectivity index (χ1) is 8.28. The summed E-state index contributed by atoms with van der Waals surface area (Å²) in [5.74, 6) is 1.85. The topological polar surface area (TPSA) is 34.1 Å². The van der Waals surface area contributed by atoms with Crippen LogP contribution in [-0.2, 0) is 6.42 Å². The number of hydrogen-bond donors (Lipinski definition) is 1. The fourth-order valence-electron chi connectivity index (χ4n) is 2.00. The fraction of sp³-hybridized carbons (Fsp3) is 0.357. The van der Waals surface area contributed by atoms with Gasteiger partial charge in [-0.05, 0) is 36.2 Å². The van der Waals surface area contributed by atoms with Crippen LogP contribution in [0.4, 0.5) is 5.82 Å².